The summed E-state index contributed by atoms with van der Waals surface area (Å²) in [6.45, 7) is 0.0143. The average molecular weight is 455 g/mol. The molecule has 8 nitrogen and oxygen atoms in total. The number of nitrogens with zero attached hydrogens (tertiary/aromatic N) is 5. The van der Waals surface area contributed by atoms with Crippen LogP contribution in [0.4, 0.5) is 0 Å². The monoisotopic (exact) mass is 455 g/mol. The Balaban J connectivity index is 1.40. The number of benzene rings is 2. The van der Waals surface area contributed by atoms with Gasteiger partial charge in [-0.3, -0.25) is 0 Å². The summed E-state index contributed by atoms with van der Waals surface area (Å²) in [6.07, 6.45) is 3.06. The first kappa shape index (κ1) is 20.5. The van der Waals surface area contributed by atoms with Crippen molar-refractivity contribution in [3.63, 3.8) is 0 Å². The van der Waals surface area contributed by atoms with Crippen molar-refractivity contribution < 1.29 is 13.9 Å². The quantitative estimate of drug-likeness (QED) is 0.257. The molecule has 0 saturated heterocycles. The minimum Gasteiger partial charge on any atom is -0.465 e. The van der Waals surface area contributed by atoms with Gasteiger partial charge in [-0.1, -0.05) is 60.7 Å². The number of esters is 1. The van der Waals surface area contributed by atoms with Gasteiger partial charge in [-0.25, -0.2) is 9.78 Å². The predicted molar refractivity (Wildman–Crippen MR) is 123 cm³/mol. The smallest absolute Gasteiger partial charge is 0.357 e. The van der Waals surface area contributed by atoms with Crippen LogP contribution < -0.4 is 0 Å². The number of aromatic nitrogens is 5. The van der Waals surface area contributed by atoms with Gasteiger partial charge in [-0.15, -0.1) is 16.4 Å². The zero-order valence-corrected chi connectivity index (χ0v) is 18.1. The molecule has 0 amide bonds. The minimum atomic E-state index is -0.606. The van der Waals surface area contributed by atoms with Crippen molar-refractivity contribution in [1.82, 2.24) is 25.2 Å². The highest BCUT2D eigenvalue weighted by Crippen LogP contribution is 2.25. The molecule has 5 rings (SSSR count). The molecule has 0 atom stereocenters. The van der Waals surface area contributed by atoms with E-state index in [0.29, 0.717) is 17.3 Å². The normalized spacial score (nSPS) is 11.5. The Bertz CT molecular complexity index is 1380. The third-order valence-corrected chi connectivity index (χ3v) is 5.62. The van der Waals surface area contributed by atoms with Gasteiger partial charge < -0.3 is 9.15 Å². The number of hydrogen-bond donors (Lipinski definition) is 0. The van der Waals surface area contributed by atoms with E-state index in [1.165, 1.54) is 22.3 Å². The number of carbonyl (C=O) groups is 1. The predicted octanol–water partition coefficient (Wildman–Crippen LogP) is 4.80. The molecule has 33 heavy (non-hydrogen) atoms. The lowest BCUT2D eigenvalue weighted by molar-refractivity contribution is -0.138. The molecule has 9 heteroatoms. The molecule has 162 valence electrons. The fraction of sp³-hybridized carbons (Fsp3) is 0.0417. The lowest BCUT2D eigenvalue weighted by Crippen LogP contribution is -2.15. The van der Waals surface area contributed by atoms with Crippen LogP contribution in [0, 0.1) is 0 Å². The van der Waals surface area contributed by atoms with E-state index in [1.807, 2.05) is 66.0 Å². The van der Waals surface area contributed by atoms with Crippen LogP contribution in [0.1, 0.15) is 11.5 Å². The number of carbonyl (C=O) groups excluding carboxylic acids is 1. The van der Waals surface area contributed by atoms with Gasteiger partial charge in [0.25, 0.3) is 0 Å². The molecule has 0 aliphatic rings. The average Bonchev–Trinajstić information content (AvgIpc) is 3.64. The molecular weight excluding hydrogens is 438 g/mol. The molecule has 0 N–H and O–H groups in total. The van der Waals surface area contributed by atoms with Gasteiger partial charge >= 0.3 is 5.97 Å². The summed E-state index contributed by atoms with van der Waals surface area (Å²) >= 11 is 1.49. The Kier molecular flexibility index (Phi) is 5.85. The maximum absolute atomic E-state index is 13.1. The molecule has 0 fully saturated rings. The fourth-order valence-corrected chi connectivity index (χ4v) is 3.94. The third-order valence-electron chi connectivity index (χ3n) is 4.68. The lowest BCUT2D eigenvalue weighted by Gasteiger charge is -2.09. The van der Waals surface area contributed by atoms with Crippen molar-refractivity contribution in [3.05, 3.63) is 95.9 Å². The van der Waals surface area contributed by atoms with Crippen molar-refractivity contribution in [2.75, 3.05) is 0 Å². The van der Waals surface area contributed by atoms with Crippen molar-refractivity contribution in [1.29, 1.82) is 0 Å². The number of ether oxygens (including phenoxy) is 1. The van der Waals surface area contributed by atoms with Crippen LogP contribution in [-0.2, 0) is 16.1 Å². The van der Waals surface area contributed by atoms with Gasteiger partial charge in [-0.05, 0) is 22.6 Å². The van der Waals surface area contributed by atoms with E-state index in [0.717, 1.165) is 16.1 Å². The second kappa shape index (κ2) is 9.41. The number of furan rings is 1. The standard InChI is InChI=1S/C24H17N5O3S/c30-24(32-15-19-16-33-23(25-19)18-10-5-2-6-11-18)21(14-20-12-7-13-31-20)29-22(26-27-28-29)17-8-3-1-4-9-17/h1-14,16H,15H2/b21-14-. The number of hydrogen-bond acceptors (Lipinski definition) is 8. The van der Waals surface area contributed by atoms with Crippen molar-refractivity contribution >= 4 is 29.1 Å². The van der Waals surface area contributed by atoms with E-state index in [4.69, 9.17) is 9.15 Å². The summed E-state index contributed by atoms with van der Waals surface area (Å²) in [7, 11) is 0. The van der Waals surface area contributed by atoms with Crippen LogP contribution >= 0.6 is 11.3 Å². The topological polar surface area (TPSA) is 95.9 Å². The Morgan fingerprint density at radius 3 is 2.48 bits per heavy atom. The molecule has 3 aromatic heterocycles. The lowest BCUT2D eigenvalue weighted by atomic mass is 10.2. The largest absolute Gasteiger partial charge is 0.465 e. The summed E-state index contributed by atoms with van der Waals surface area (Å²) in [5, 5.41) is 14.6. The fourth-order valence-electron chi connectivity index (χ4n) is 3.13. The minimum absolute atomic E-state index is 0.0143. The van der Waals surface area contributed by atoms with E-state index >= 15 is 0 Å². The Morgan fingerprint density at radius 2 is 1.76 bits per heavy atom. The van der Waals surface area contributed by atoms with Gasteiger partial charge in [0.1, 0.15) is 17.4 Å². The molecule has 0 bridgehead atoms. The third kappa shape index (κ3) is 4.63. The van der Waals surface area contributed by atoms with Crippen LogP contribution in [0.3, 0.4) is 0 Å². The summed E-state index contributed by atoms with van der Waals surface area (Å²) in [6, 6.07) is 22.7. The van der Waals surface area contributed by atoms with E-state index in [-0.39, 0.29) is 12.3 Å². The summed E-state index contributed by atoms with van der Waals surface area (Å²) in [5.74, 6) is 0.270. The highest BCUT2D eigenvalue weighted by atomic mass is 32.1. The molecule has 2 aromatic carbocycles. The van der Waals surface area contributed by atoms with Crippen molar-refractivity contribution in [2.45, 2.75) is 6.61 Å². The van der Waals surface area contributed by atoms with Gasteiger partial charge in [0.2, 0.25) is 0 Å². The molecule has 0 saturated carbocycles. The molecule has 0 spiro atoms. The molecule has 0 unspecified atom stereocenters. The number of tetrazole rings is 1. The number of thiazole rings is 1. The zero-order chi connectivity index (χ0) is 22.5. The number of rotatable bonds is 7. The Labute approximate surface area is 192 Å². The van der Waals surface area contributed by atoms with Crippen LogP contribution in [-0.4, -0.2) is 31.2 Å². The first-order chi connectivity index (χ1) is 16.3. The first-order valence-electron chi connectivity index (χ1n) is 10.0. The molecule has 0 radical (unpaired) electrons. The summed E-state index contributed by atoms with van der Waals surface area (Å²) in [4.78, 5) is 17.7. The van der Waals surface area contributed by atoms with Gasteiger partial charge in [0.05, 0.1) is 12.0 Å². The Hall–Kier alpha value is -4.37. The van der Waals surface area contributed by atoms with Gasteiger partial charge in [0.15, 0.2) is 11.5 Å². The highest BCUT2D eigenvalue weighted by molar-refractivity contribution is 7.13. The maximum Gasteiger partial charge on any atom is 0.357 e. The van der Waals surface area contributed by atoms with Gasteiger partial charge in [0, 0.05) is 22.6 Å². The van der Waals surface area contributed by atoms with Crippen LogP contribution in [0.15, 0.2) is 88.9 Å². The molecule has 0 aliphatic carbocycles. The SMILES string of the molecule is O=C(OCc1csc(-c2ccccc2)n1)/C(=C/c1ccco1)n1nnnc1-c1ccccc1. The summed E-state index contributed by atoms with van der Waals surface area (Å²) < 4.78 is 12.3. The highest BCUT2D eigenvalue weighted by Gasteiger charge is 2.21. The second-order valence-corrected chi connectivity index (χ2v) is 7.77. The van der Waals surface area contributed by atoms with E-state index < -0.39 is 5.97 Å². The van der Waals surface area contributed by atoms with Crippen molar-refractivity contribution in [2.24, 2.45) is 0 Å². The second-order valence-electron chi connectivity index (χ2n) is 6.91. The van der Waals surface area contributed by atoms with Crippen molar-refractivity contribution in [3.8, 4) is 22.0 Å². The first-order valence-corrected chi connectivity index (χ1v) is 10.9. The molecule has 0 aliphatic heterocycles. The van der Waals surface area contributed by atoms with E-state index in [9.17, 15) is 4.79 Å². The van der Waals surface area contributed by atoms with Crippen LogP contribution in [0.2, 0.25) is 0 Å². The molecule has 5 aromatic rings. The van der Waals surface area contributed by atoms with Crippen LogP contribution in [0.5, 0.6) is 0 Å². The zero-order valence-electron chi connectivity index (χ0n) is 17.2. The van der Waals surface area contributed by atoms with E-state index in [2.05, 4.69) is 20.5 Å². The maximum atomic E-state index is 13.1. The Morgan fingerprint density at radius 1 is 1.00 bits per heavy atom. The van der Waals surface area contributed by atoms with Gasteiger partial charge in [-0.2, -0.15) is 4.68 Å². The summed E-state index contributed by atoms with van der Waals surface area (Å²) in [5.41, 5.74) is 2.55. The van der Waals surface area contributed by atoms with E-state index in [1.54, 1.807) is 18.2 Å². The molecule has 3 heterocycles. The molecular formula is C24H17N5O3S. The van der Waals surface area contributed by atoms with Crippen LogP contribution in [0.25, 0.3) is 33.7 Å².